The van der Waals surface area contributed by atoms with E-state index in [-0.39, 0.29) is 5.56 Å². The molecule has 3 heterocycles. The van der Waals surface area contributed by atoms with Crippen LogP contribution in [0.2, 0.25) is 0 Å². The monoisotopic (exact) mass is 315 g/mol. The number of aromatic nitrogens is 2. The number of thiazole rings is 1. The van der Waals surface area contributed by atoms with Gasteiger partial charge in [0.05, 0.1) is 17.9 Å². The summed E-state index contributed by atoms with van der Waals surface area (Å²) in [4.78, 5) is 21.0. The lowest BCUT2D eigenvalue weighted by atomic mass is 10.2. The van der Waals surface area contributed by atoms with Gasteiger partial charge in [-0.05, 0) is 12.1 Å². The van der Waals surface area contributed by atoms with E-state index in [4.69, 9.17) is 0 Å². The van der Waals surface area contributed by atoms with Crippen molar-refractivity contribution in [1.29, 1.82) is 0 Å². The third-order valence-corrected chi connectivity index (χ3v) is 5.33. The maximum Gasteiger partial charge on any atom is 0.258 e. The van der Waals surface area contributed by atoms with E-state index in [1.54, 1.807) is 16.7 Å². The molecule has 3 aromatic rings. The topological polar surface area (TPSA) is 37.6 Å². The van der Waals surface area contributed by atoms with E-state index in [2.05, 4.69) is 34.1 Å². The number of nitrogens with zero attached hydrogens (tertiary/aromatic N) is 3. The molecule has 0 spiro atoms. The Morgan fingerprint density at radius 3 is 3.14 bits per heavy atom. The normalized spacial score (nSPS) is 14.4. The number of para-hydroxylation sites is 1. The van der Waals surface area contributed by atoms with Gasteiger partial charge in [0.15, 0.2) is 4.96 Å². The van der Waals surface area contributed by atoms with Crippen molar-refractivity contribution in [3.05, 3.63) is 58.0 Å². The molecule has 4 nitrogen and oxygen atoms in total. The lowest BCUT2D eigenvalue weighted by molar-refractivity contribution is 0.794. The van der Waals surface area contributed by atoms with Gasteiger partial charge in [0.25, 0.3) is 5.56 Å². The number of benzene rings is 1. The van der Waals surface area contributed by atoms with Crippen LogP contribution >= 0.6 is 23.1 Å². The molecule has 1 aliphatic rings. The molecule has 0 saturated carbocycles. The molecule has 0 radical (unpaired) electrons. The summed E-state index contributed by atoms with van der Waals surface area (Å²) >= 11 is 3.38. The Morgan fingerprint density at radius 1 is 1.29 bits per heavy atom. The average Bonchev–Trinajstić information content (AvgIpc) is 2.97. The molecule has 21 heavy (non-hydrogen) atoms. The first kappa shape index (κ1) is 12.9. The third kappa shape index (κ3) is 2.34. The van der Waals surface area contributed by atoms with Gasteiger partial charge in [-0.1, -0.05) is 12.1 Å². The molecule has 0 amide bonds. The minimum Gasteiger partial charge on any atom is -0.364 e. The van der Waals surface area contributed by atoms with E-state index in [0.29, 0.717) is 6.54 Å². The molecule has 0 aliphatic carbocycles. The van der Waals surface area contributed by atoms with Crippen molar-refractivity contribution in [3.63, 3.8) is 0 Å². The standard InChI is InChI=1S/C15H13N3OS2/c19-14-9-11(16-15-18(14)6-8-21-15)10-17-5-7-20-13-4-2-1-3-12(13)17/h1-4,6,8-9H,5,7,10H2. The molecule has 0 fully saturated rings. The van der Waals surface area contributed by atoms with E-state index >= 15 is 0 Å². The lowest BCUT2D eigenvalue weighted by Crippen LogP contribution is -2.29. The van der Waals surface area contributed by atoms with Crippen molar-refractivity contribution in [1.82, 2.24) is 9.38 Å². The molecule has 0 unspecified atom stereocenters. The Hall–Kier alpha value is -1.79. The molecule has 0 bridgehead atoms. The Labute approximate surface area is 130 Å². The summed E-state index contributed by atoms with van der Waals surface area (Å²) in [6.45, 7) is 1.66. The predicted octanol–water partition coefficient (Wildman–Crippen LogP) is 2.87. The number of anilines is 1. The number of hydrogen-bond donors (Lipinski definition) is 0. The highest BCUT2D eigenvalue weighted by Crippen LogP contribution is 2.34. The molecule has 0 atom stereocenters. The Morgan fingerprint density at radius 2 is 2.19 bits per heavy atom. The van der Waals surface area contributed by atoms with Crippen molar-refractivity contribution >= 4 is 33.7 Å². The first-order chi connectivity index (χ1) is 10.3. The second-order valence-electron chi connectivity index (χ2n) is 4.88. The number of thioether (sulfide) groups is 1. The summed E-state index contributed by atoms with van der Waals surface area (Å²) in [5, 5.41) is 1.89. The third-order valence-electron chi connectivity index (χ3n) is 3.53. The molecule has 1 aliphatic heterocycles. The fraction of sp³-hybridized carbons (Fsp3) is 0.200. The van der Waals surface area contributed by atoms with Crippen LogP contribution in [0.1, 0.15) is 5.69 Å². The highest BCUT2D eigenvalue weighted by Gasteiger charge is 2.17. The molecule has 0 saturated heterocycles. The average molecular weight is 315 g/mol. The Balaban J connectivity index is 1.71. The summed E-state index contributed by atoms with van der Waals surface area (Å²) in [6.07, 6.45) is 1.77. The van der Waals surface area contributed by atoms with Gasteiger partial charge in [0.1, 0.15) is 0 Å². The largest absolute Gasteiger partial charge is 0.364 e. The van der Waals surface area contributed by atoms with Gasteiger partial charge in [-0.2, -0.15) is 0 Å². The fourth-order valence-electron chi connectivity index (χ4n) is 2.56. The van der Waals surface area contributed by atoms with Gasteiger partial charge in [0.2, 0.25) is 0 Å². The highest BCUT2D eigenvalue weighted by atomic mass is 32.2. The molecule has 0 N–H and O–H groups in total. The van der Waals surface area contributed by atoms with Crippen LogP contribution in [0, 0.1) is 0 Å². The second-order valence-corrected chi connectivity index (χ2v) is 6.89. The summed E-state index contributed by atoms with van der Waals surface area (Å²) in [6, 6.07) is 10.1. The van der Waals surface area contributed by atoms with Crippen LogP contribution < -0.4 is 10.5 Å². The zero-order chi connectivity index (χ0) is 14.2. The minimum absolute atomic E-state index is 0.00378. The second kappa shape index (κ2) is 5.20. The molecule has 106 valence electrons. The molecule has 6 heteroatoms. The smallest absolute Gasteiger partial charge is 0.258 e. The highest BCUT2D eigenvalue weighted by molar-refractivity contribution is 7.99. The molecule has 2 aromatic heterocycles. The van der Waals surface area contributed by atoms with Crippen LogP contribution in [0.5, 0.6) is 0 Å². The summed E-state index contributed by atoms with van der Waals surface area (Å²) in [7, 11) is 0. The van der Waals surface area contributed by atoms with E-state index in [1.165, 1.54) is 21.9 Å². The van der Waals surface area contributed by atoms with Gasteiger partial charge in [0, 0.05) is 34.8 Å². The number of hydrogen-bond acceptors (Lipinski definition) is 5. The molecular weight excluding hydrogens is 302 g/mol. The van der Waals surface area contributed by atoms with E-state index in [1.807, 2.05) is 17.1 Å². The molecule has 1 aromatic carbocycles. The summed E-state index contributed by atoms with van der Waals surface area (Å²) in [5.74, 6) is 1.07. The number of rotatable bonds is 2. The van der Waals surface area contributed by atoms with E-state index in [0.717, 1.165) is 23.0 Å². The van der Waals surface area contributed by atoms with Gasteiger partial charge in [-0.25, -0.2) is 4.98 Å². The van der Waals surface area contributed by atoms with Gasteiger partial charge >= 0.3 is 0 Å². The number of fused-ring (bicyclic) bond motifs is 2. The summed E-state index contributed by atoms with van der Waals surface area (Å²) < 4.78 is 1.59. The first-order valence-corrected chi connectivity index (χ1v) is 8.60. The van der Waals surface area contributed by atoms with E-state index in [9.17, 15) is 4.79 Å². The van der Waals surface area contributed by atoms with Crippen LogP contribution in [-0.4, -0.2) is 21.7 Å². The lowest BCUT2D eigenvalue weighted by Gasteiger charge is -2.30. The zero-order valence-electron chi connectivity index (χ0n) is 11.2. The van der Waals surface area contributed by atoms with Crippen LogP contribution in [0.3, 0.4) is 0 Å². The molecular formula is C15H13N3OS2. The Bertz CT molecular complexity index is 855. The van der Waals surface area contributed by atoms with Crippen LogP contribution in [0.15, 0.2) is 51.6 Å². The minimum atomic E-state index is -0.00378. The van der Waals surface area contributed by atoms with Gasteiger partial charge < -0.3 is 4.90 Å². The van der Waals surface area contributed by atoms with Gasteiger partial charge in [-0.3, -0.25) is 9.20 Å². The molecule has 4 rings (SSSR count). The zero-order valence-corrected chi connectivity index (χ0v) is 12.9. The predicted molar refractivity (Wildman–Crippen MR) is 87.6 cm³/mol. The maximum absolute atomic E-state index is 12.1. The van der Waals surface area contributed by atoms with Crippen molar-refractivity contribution in [3.8, 4) is 0 Å². The van der Waals surface area contributed by atoms with Crippen molar-refractivity contribution < 1.29 is 0 Å². The van der Waals surface area contributed by atoms with Gasteiger partial charge in [-0.15, -0.1) is 23.1 Å². The first-order valence-electron chi connectivity index (χ1n) is 6.74. The van der Waals surface area contributed by atoms with Crippen LogP contribution in [0.25, 0.3) is 4.96 Å². The fourth-order valence-corrected chi connectivity index (χ4v) is 4.35. The van der Waals surface area contributed by atoms with E-state index < -0.39 is 0 Å². The SMILES string of the molecule is O=c1cc(CN2CCSc3ccccc32)nc2sccn12. The summed E-state index contributed by atoms with van der Waals surface area (Å²) in [5.41, 5.74) is 2.07. The maximum atomic E-state index is 12.1. The van der Waals surface area contributed by atoms with Crippen LogP contribution in [0.4, 0.5) is 5.69 Å². The Kier molecular flexibility index (Phi) is 3.20. The van der Waals surface area contributed by atoms with Crippen LogP contribution in [-0.2, 0) is 6.54 Å². The van der Waals surface area contributed by atoms with Crippen molar-refractivity contribution in [2.75, 3.05) is 17.2 Å². The van der Waals surface area contributed by atoms with Crippen molar-refractivity contribution in [2.45, 2.75) is 11.4 Å². The van der Waals surface area contributed by atoms with Crippen molar-refractivity contribution in [2.24, 2.45) is 0 Å². The quantitative estimate of drug-likeness (QED) is 0.729.